The molecular formula is C21H21FS. The lowest BCUT2D eigenvalue weighted by molar-refractivity contribution is 0.627. The molecule has 2 heteroatoms. The number of aryl methyl sites for hydroxylation is 1. The Bertz CT molecular complexity index is 728. The first-order valence-corrected chi connectivity index (χ1v) is 8.99. The van der Waals surface area contributed by atoms with Gasteiger partial charge in [-0.15, -0.1) is 11.8 Å². The zero-order chi connectivity index (χ0) is 16.2. The van der Waals surface area contributed by atoms with E-state index in [2.05, 4.69) is 31.4 Å². The minimum absolute atomic E-state index is 0.211. The number of benzene rings is 2. The Morgan fingerprint density at radius 1 is 0.957 bits per heavy atom. The molecule has 1 aliphatic heterocycles. The maximum Gasteiger partial charge on any atom is 0.123 e. The van der Waals surface area contributed by atoms with Crippen LogP contribution < -0.4 is 0 Å². The standard InChI is InChI=1S/C21H21FS/c1-15(17-9-11-20(22)12-10-17)5-6-16(2)19-8-7-18-4-3-13-23-21(18)14-19/h7-12,14H,1-6,13H2. The van der Waals surface area contributed by atoms with Crippen LogP contribution in [0.5, 0.6) is 0 Å². The highest BCUT2D eigenvalue weighted by Crippen LogP contribution is 2.33. The highest BCUT2D eigenvalue weighted by molar-refractivity contribution is 7.99. The molecule has 23 heavy (non-hydrogen) atoms. The molecule has 0 aromatic heterocycles. The number of halogens is 1. The van der Waals surface area contributed by atoms with Gasteiger partial charge in [0.2, 0.25) is 0 Å². The molecule has 0 spiro atoms. The van der Waals surface area contributed by atoms with Gasteiger partial charge < -0.3 is 0 Å². The molecule has 118 valence electrons. The van der Waals surface area contributed by atoms with Gasteiger partial charge in [0.05, 0.1) is 0 Å². The van der Waals surface area contributed by atoms with Crippen molar-refractivity contribution in [1.29, 1.82) is 0 Å². The first kappa shape index (κ1) is 16.1. The number of rotatable bonds is 5. The Balaban J connectivity index is 1.63. The van der Waals surface area contributed by atoms with Gasteiger partial charge in [0.15, 0.2) is 0 Å². The molecule has 1 heterocycles. The van der Waals surface area contributed by atoms with Crippen LogP contribution in [0.25, 0.3) is 11.1 Å². The second kappa shape index (κ2) is 7.18. The molecule has 2 aromatic carbocycles. The summed E-state index contributed by atoms with van der Waals surface area (Å²) in [5.41, 5.74) is 5.86. The second-order valence-corrected chi connectivity index (χ2v) is 7.13. The third kappa shape index (κ3) is 3.94. The minimum atomic E-state index is -0.211. The van der Waals surface area contributed by atoms with Gasteiger partial charge in [0.25, 0.3) is 0 Å². The van der Waals surface area contributed by atoms with Crippen LogP contribution in [0.4, 0.5) is 4.39 Å². The summed E-state index contributed by atoms with van der Waals surface area (Å²) in [4.78, 5) is 1.41. The summed E-state index contributed by atoms with van der Waals surface area (Å²) in [5, 5.41) is 0. The molecule has 0 nitrogen and oxygen atoms in total. The van der Waals surface area contributed by atoms with E-state index in [1.54, 1.807) is 12.1 Å². The van der Waals surface area contributed by atoms with Crippen molar-refractivity contribution in [1.82, 2.24) is 0 Å². The van der Waals surface area contributed by atoms with Gasteiger partial charge in [-0.2, -0.15) is 0 Å². The summed E-state index contributed by atoms with van der Waals surface area (Å²) >= 11 is 1.95. The van der Waals surface area contributed by atoms with E-state index in [1.807, 2.05) is 11.8 Å². The SMILES string of the molecule is C=C(CCC(=C)c1ccc2c(c1)SCCC2)c1ccc(F)cc1. The Morgan fingerprint density at radius 2 is 1.61 bits per heavy atom. The van der Waals surface area contributed by atoms with Crippen LogP contribution in [0.15, 0.2) is 60.5 Å². The molecule has 0 N–H and O–H groups in total. The first-order chi connectivity index (χ1) is 11.1. The number of thioether (sulfide) groups is 1. The van der Waals surface area contributed by atoms with E-state index in [1.165, 1.54) is 46.7 Å². The summed E-state index contributed by atoms with van der Waals surface area (Å²) in [7, 11) is 0. The largest absolute Gasteiger partial charge is 0.207 e. The highest BCUT2D eigenvalue weighted by atomic mass is 32.2. The predicted octanol–water partition coefficient (Wildman–Crippen LogP) is 6.37. The zero-order valence-corrected chi connectivity index (χ0v) is 14.1. The van der Waals surface area contributed by atoms with Gasteiger partial charge >= 0.3 is 0 Å². The smallest absolute Gasteiger partial charge is 0.123 e. The van der Waals surface area contributed by atoms with Crippen molar-refractivity contribution in [2.45, 2.75) is 30.6 Å². The van der Waals surface area contributed by atoms with Crippen molar-refractivity contribution in [2.24, 2.45) is 0 Å². The predicted molar refractivity (Wildman–Crippen MR) is 99.2 cm³/mol. The van der Waals surface area contributed by atoms with Gasteiger partial charge in [0, 0.05) is 4.90 Å². The van der Waals surface area contributed by atoms with Gasteiger partial charge in [-0.05, 0) is 77.5 Å². The zero-order valence-electron chi connectivity index (χ0n) is 13.3. The summed E-state index contributed by atoms with van der Waals surface area (Å²) in [6.07, 6.45) is 4.18. The molecule has 0 amide bonds. The molecule has 0 bridgehead atoms. The Morgan fingerprint density at radius 3 is 2.35 bits per heavy atom. The lowest BCUT2D eigenvalue weighted by atomic mass is 9.96. The lowest BCUT2D eigenvalue weighted by Crippen LogP contribution is -1.99. The summed E-state index contributed by atoms with van der Waals surface area (Å²) in [5.74, 6) is 1.00. The molecule has 0 saturated heterocycles. The van der Waals surface area contributed by atoms with E-state index in [9.17, 15) is 4.39 Å². The second-order valence-electron chi connectivity index (χ2n) is 5.99. The maximum atomic E-state index is 13.0. The van der Waals surface area contributed by atoms with E-state index in [-0.39, 0.29) is 5.82 Å². The summed E-state index contributed by atoms with van der Waals surface area (Å²) in [6, 6.07) is 13.3. The van der Waals surface area contributed by atoms with Crippen molar-refractivity contribution in [3.05, 3.63) is 78.1 Å². The molecule has 0 saturated carbocycles. The molecular weight excluding hydrogens is 303 g/mol. The van der Waals surface area contributed by atoms with Gasteiger partial charge in [-0.3, -0.25) is 0 Å². The third-order valence-electron chi connectivity index (χ3n) is 4.30. The normalized spacial score (nSPS) is 13.4. The van der Waals surface area contributed by atoms with Crippen LogP contribution in [0.3, 0.4) is 0 Å². The van der Waals surface area contributed by atoms with Crippen LogP contribution in [0.1, 0.15) is 36.0 Å². The quantitative estimate of drug-likeness (QED) is 0.615. The van der Waals surface area contributed by atoms with Crippen molar-refractivity contribution < 1.29 is 4.39 Å². The van der Waals surface area contributed by atoms with E-state index in [4.69, 9.17) is 0 Å². The number of hydrogen-bond acceptors (Lipinski definition) is 1. The van der Waals surface area contributed by atoms with Gasteiger partial charge in [-0.1, -0.05) is 37.4 Å². The molecule has 0 radical (unpaired) electrons. The average Bonchev–Trinajstić information content (AvgIpc) is 2.59. The van der Waals surface area contributed by atoms with Crippen LogP contribution in [-0.2, 0) is 6.42 Å². The van der Waals surface area contributed by atoms with E-state index < -0.39 is 0 Å². The van der Waals surface area contributed by atoms with Crippen LogP contribution in [0.2, 0.25) is 0 Å². The topological polar surface area (TPSA) is 0 Å². The molecule has 0 atom stereocenters. The molecule has 3 rings (SSSR count). The van der Waals surface area contributed by atoms with Crippen molar-refractivity contribution in [2.75, 3.05) is 5.75 Å². The van der Waals surface area contributed by atoms with E-state index >= 15 is 0 Å². The summed E-state index contributed by atoms with van der Waals surface area (Å²) < 4.78 is 13.0. The Labute approximate surface area is 142 Å². The highest BCUT2D eigenvalue weighted by Gasteiger charge is 2.11. The third-order valence-corrected chi connectivity index (χ3v) is 5.49. The molecule has 2 aromatic rings. The molecule has 0 aliphatic carbocycles. The van der Waals surface area contributed by atoms with E-state index in [0.717, 1.165) is 29.6 Å². The van der Waals surface area contributed by atoms with Crippen molar-refractivity contribution >= 4 is 22.9 Å². The Hall–Kier alpha value is -1.80. The first-order valence-electron chi connectivity index (χ1n) is 8.01. The van der Waals surface area contributed by atoms with Gasteiger partial charge in [0.1, 0.15) is 5.82 Å². The molecule has 0 unspecified atom stereocenters. The maximum absolute atomic E-state index is 13.0. The average molecular weight is 324 g/mol. The van der Waals surface area contributed by atoms with Crippen molar-refractivity contribution in [3.63, 3.8) is 0 Å². The monoisotopic (exact) mass is 324 g/mol. The molecule has 0 fully saturated rings. The van der Waals surface area contributed by atoms with Crippen LogP contribution in [-0.4, -0.2) is 5.75 Å². The van der Waals surface area contributed by atoms with Crippen LogP contribution >= 0.6 is 11.8 Å². The number of hydrogen-bond donors (Lipinski definition) is 0. The van der Waals surface area contributed by atoms with Crippen molar-refractivity contribution in [3.8, 4) is 0 Å². The fourth-order valence-electron chi connectivity index (χ4n) is 2.84. The fourth-order valence-corrected chi connectivity index (χ4v) is 3.91. The summed E-state index contributed by atoms with van der Waals surface area (Å²) in [6.45, 7) is 8.37. The molecule has 1 aliphatic rings. The number of allylic oxidation sites excluding steroid dienone is 2. The fraction of sp³-hybridized carbons (Fsp3) is 0.238. The van der Waals surface area contributed by atoms with Crippen LogP contribution in [0, 0.1) is 5.82 Å². The number of fused-ring (bicyclic) bond motifs is 1. The minimum Gasteiger partial charge on any atom is -0.207 e. The Kier molecular flexibility index (Phi) is 5.02. The lowest BCUT2D eigenvalue weighted by Gasteiger charge is -2.17. The van der Waals surface area contributed by atoms with E-state index in [0.29, 0.717) is 0 Å². The van der Waals surface area contributed by atoms with Gasteiger partial charge in [-0.25, -0.2) is 4.39 Å².